The summed E-state index contributed by atoms with van der Waals surface area (Å²) in [6, 6.07) is 5.79. The molecule has 0 amide bonds. The fourth-order valence-electron chi connectivity index (χ4n) is 2.07. The summed E-state index contributed by atoms with van der Waals surface area (Å²) in [5.41, 5.74) is 3.32. The molecule has 1 aromatic carbocycles. The molecule has 0 unspecified atom stereocenters. The van der Waals surface area contributed by atoms with Crippen LogP contribution < -0.4 is 0 Å². The summed E-state index contributed by atoms with van der Waals surface area (Å²) >= 11 is 3.42. The van der Waals surface area contributed by atoms with Crippen molar-refractivity contribution in [2.75, 3.05) is 0 Å². The Morgan fingerprint density at radius 1 is 1.11 bits per heavy atom. The average molecular weight is 316 g/mol. The van der Waals surface area contributed by atoms with Gasteiger partial charge in [0.25, 0.3) is 0 Å². The van der Waals surface area contributed by atoms with Crippen molar-refractivity contribution < 1.29 is 4.79 Å². The first-order valence-electron chi connectivity index (χ1n) is 5.85. The van der Waals surface area contributed by atoms with Gasteiger partial charge in [-0.05, 0) is 23.8 Å². The van der Waals surface area contributed by atoms with E-state index in [0.29, 0.717) is 12.8 Å². The molecule has 0 bridgehead atoms. The Morgan fingerprint density at radius 3 is 2.68 bits per heavy atom. The number of halogens is 1. The maximum Gasteiger partial charge on any atom is 0.143 e. The molecule has 4 nitrogen and oxygen atoms in total. The first-order valence-corrected chi connectivity index (χ1v) is 6.65. The number of nitrogens with zero attached hydrogens (tertiary/aromatic N) is 3. The van der Waals surface area contributed by atoms with Crippen molar-refractivity contribution in [2.24, 2.45) is 4.99 Å². The Morgan fingerprint density at radius 2 is 1.89 bits per heavy atom. The van der Waals surface area contributed by atoms with Crippen LogP contribution in [0.2, 0.25) is 0 Å². The van der Waals surface area contributed by atoms with Crippen molar-refractivity contribution in [3.05, 3.63) is 52.5 Å². The molecule has 0 saturated heterocycles. The lowest BCUT2D eigenvalue weighted by atomic mass is 10.0. The third kappa shape index (κ3) is 2.61. The van der Waals surface area contributed by atoms with E-state index in [1.165, 1.54) is 6.33 Å². The number of aliphatic imine (C=N–C) groups is 1. The number of aromatic nitrogens is 2. The summed E-state index contributed by atoms with van der Waals surface area (Å²) in [6.07, 6.45) is 5.56. The summed E-state index contributed by atoms with van der Waals surface area (Å²) < 4.78 is 0.959. The Hall–Kier alpha value is -1.88. The zero-order valence-electron chi connectivity index (χ0n) is 10.0. The van der Waals surface area contributed by atoms with Crippen LogP contribution in [0.5, 0.6) is 0 Å². The van der Waals surface area contributed by atoms with Crippen LogP contribution in [0.15, 0.2) is 46.4 Å². The van der Waals surface area contributed by atoms with Gasteiger partial charge < -0.3 is 0 Å². The van der Waals surface area contributed by atoms with Crippen molar-refractivity contribution in [3.8, 4) is 0 Å². The number of hydrogen-bond acceptors (Lipinski definition) is 4. The fourth-order valence-corrected chi connectivity index (χ4v) is 2.47. The van der Waals surface area contributed by atoms with Gasteiger partial charge in [-0.15, -0.1) is 0 Å². The molecule has 0 atom stereocenters. The van der Waals surface area contributed by atoms with E-state index >= 15 is 0 Å². The van der Waals surface area contributed by atoms with Crippen LogP contribution in [-0.2, 0) is 11.2 Å². The van der Waals surface area contributed by atoms with Crippen LogP contribution >= 0.6 is 15.9 Å². The summed E-state index contributed by atoms with van der Waals surface area (Å²) in [5, 5.41) is 0. The number of rotatable bonds is 1. The van der Waals surface area contributed by atoms with Gasteiger partial charge in [0.2, 0.25) is 0 Å². The van der Waals surface area contributed by atoms with E-state index in [1.54, 1.807) is 12.4 Å². The van der Waals surface area contributed by atoms with Gasteiger partial charge in [-0.25, -0.2) is 9.97 Å². The summed E-state index contributed by atoms with van der Waals surface area (Å²) in [7, 11) is 0. The first kappa shape index (κ1) is 12.2. The predicted octanol–water partition coefficient (Wildman–Crippen LogP) is 2.88. The van der Waals surface area contributed by atoms with Gasteiger partial charge in [-0.2, -0.15) is 0 Å². The third-order valence-corrected chi connectivity index (χ3v) is 3.44. The normalized spacial score (nSPS) is 14.6. The molecule has 3 rings (SSSR count). The maximum atomic E-state index is 12.0. The van der Waals surface area contributed by atoms with E-state index in [0.717, 1.165) is 27.0 Å². The number of carbonyl (C=O) groups excluding carboxylic acids is 1. The third-order valence-electron chi connectivity index (χ3n) is 2.94. The molecule has 0 N–H and O–H groups in total. The lowest BCUT2D eigenvalue weighted by Gasteiger charge is -2.02. The molecule has 0 aliphatic carbocycles. The molecule has 5 heteroatoms. The predicted molar refractivity (Wildman–Crippen MR) is 75.7 cm³/mol. The van der Waals surface area contributed by atoms with Gasteiger partial charge in [0.1, 0.15) is 12.1 Å². The molecule has 0 saturated carbocycles. The highest BCUT2D eigenvalue weighted by atomic mass is 79.9. The zero-order chi connectivity index (χ0) is 13.2. The van der Waals surface area contributed by atoms with Crippen LogP contribution in [0.4, 0.5) is 5.69 Å². The summed E-state index contributed by atoms with van der Waals surface area (Å²) in [5.74, 6) is 0.152. The van der Waals surface area contributed by atoms with Crippen molar-refractivity contribution in [1.82, 2.24) is 9.97 Å². The zero-order valence-corrected chi connectivity index (χ0v) is 11.6. The smallest absolute Gasteiger partial charge is 0.143 e. The van der Waals surface area contributed by atoms with E-state index in [4.69, 9.17) is 0 Å². The molecule has 1 aliphatic heterocycles. The molecule has 1 aliphatic rings. The molecule has 0 fully saturated rings. The largest absolute Gasteiger partial charge is 0.299 e. The molecule has 94 valence electrons. The average Bonchev–Trinajstić information content (AvgIpc) is 2.57. The highest BCUT2D eigenvalue weighted by molar-refractivity contribution is 9.10. The lowest BCUT2D eigenvalue weighted by Crippen LogP contribution is -2.09. The van der Waals surface area contributed by atoms with Crippen molar-refractivity contribution in [2.45, 2.75) is 12.8 Å². The monoisotopic (exact) mass is 315 g/mol. The standard InChI is InChI=1S/C14H10BrN3O/c15-11-1-2-13-9(3-11)4-12(19)5-14(18-13)10-6-16-8-17-7-10/h1-3,6-8H,4-5H2. The SMILES string of the molecule is O=C1CC(c2cncnc2)=Nc2ccc(Br)cc2C1. The molecule has 0 spiro atoms. The number of carbonyl (C=O) groups is 1. The second kappa shape index (κ2) is 5.01. The number of benzene rings is 1. The fraction of sp³-hybridized carbons (Fsp3) is 0.143. The molecule has 2 heterocycles. The second-order valence-corrected chi connectivity index (χ2v) is 5.27. The van der Waals surface area contributed by atoms with Crippen LogP contribution in [0.25, 0.3) is 0 Å². The molecule has 19 heavy (non-hydrogen) atoms. The number of hydrogen-bond donors (Lipinski definition) is 0. The van der Waals surface area contributed by atoms with Crippen LogP contribution in [0, 0.1) is 0 Å². The Balaban J connectivity index is 2.11. The van der Waals surface area contributed by atoms with Crippen LogP contribution in [0.1, 0.15) is 17.5 Å². The van der Waals surface area contributed by atoms with E-state index in [9.17, 15) is 4.79 Å². The van der Waals surface area contributed by atoms with Gasteiger partial charge >= 0.3 is 0 Å². The van der Waals surface area contributed by atoms with Gasteiger partial charge in [-0.1, -0.05) is 15.9 Å². The van der Waals surface area contributed by atoms with E-state index in [-0.39, 0.29) is 5.78 Å². The summed E-state index contributed by atoms with van der Waals surface area (Å²) in [4.78, 5) is 24.5. The van der Waals surface area contributed by atoms with E-state index in [1.807, 2.05) is 18.2 Å². The Bertz CT molecular complexity index is 668. The van der Waals surface area contributed by atoms with Crippen molar-refractivity contribution >= 4 is 33.1 Å². The minimum atomic E-state index is 0.152. The summed E-state index contributed by atoms with van der Waals surface area (Å²) in [6.45, 7) is 0. The molecule has 0 radical (unpaired) electrons. The van der Waals surface area contributed by atoms with Gasteiger partial charge in [0, 0.05) is 35.3 Å². The first-order chi connectivity index (χ1) is 9.22. The minimum absolute atomic E-state index is 0.152. The minimum Gasteiger partial charge on any atom is -0.299 e. The number of Topliss-reactive ketones (excluding diaryl/α,β-unsaturated/α-hetero) is 1. The van der Waals surface area contributed by atoms with Crippen LogP contribution in [0.3, 0.4) is 0 Å². The maximum absolute atomic E-state index is 12.0. The molecule has 1 aromatic heterocycles. The highest BCUT2D eigenvalue weighted by Crippen LogP contribution is 2.28. The topological polar surface area (TPSA) is 55.2 Å². The number of ketones is 1. The molecular weight excluding hydrogens is 306 g/mol. The molecule has 2 aromatic rings. The highest BCUT2D eigenvalue weighted by Gasteiger charge is 2.18. The Labute approximate surface area is 118 Å². The van der Waals surface area contributed by atoms with Crippen molar-refractivity contribution in [1.29, 1.82) is 0 Å². The number of fused-ring (bicyclic) bond motifs is 1. The van der Waals surface area contributed by atoms with Crippen LogP contribution in [-0.4, -0.2) is 21.5 Å². The lowest BCUT2D eigenvalue weighted by molar-refractivity contribution is -0.117. The quantitative estimate of drug-likeness (QED) is 0.813. The Kier molecular flexibility index (Phi) is 3.21. The van der Waals surface area contributed by atoms with Gasteiger partial charge in [0.15, 0.2) is 0 Å². The van der Waals surface area contributed by atoms with Gasteiger partial charge in [0.05, 0.1) is 11.4 Å². The second-order valence-electron chi connectivity index (χ2n) is 4.35. The van der Waals surface area contributed by atoms with Crippen molar-refractivity contribution in [3.63, 3.8) is 0 Å². The van der Waals surface area contributed by atoms with E-state index < -0.39 is 0 Å². The van der Waals surface area contributed by atoms with Gasteiger partial charge in [-0.3, -0.25) is 9.79 Å². The van der Waals surface area contributed by atoms with E-state index in [2.05, 4.69) is 30.9 Å². The molecular formula is C14H10BrN3O.